The second kappa shape index (κ2) is 5.26. The van der Waals surface area contributed by atoms with Gasteiger partial charge in [0.1, 0.15) is 0 Å². The molecule has 0 atom stereocenters. The van der Waals surface area contributed by atoms with Crippen LogP contribution in [0, 0.1) is 0 Å². The Labute approximate surface area is 88.7 Å². The highest BCUT2D eigenvalue weighted by Crippen LogP contribution is 2.05. The van der Waals surface area contributed by atoms with E-state index in [2.05, 4.69) is 10.6 Å². The highest BCUT2D eigenvalue weighted by molar-refractivity contribution is 5.99. The van der Waals surface area contributed by atoms with Gasteiger partial charge in [-0.05, 0) is 26.1 Å². The number of Topliss-reactive ketones (excluding diaryl/α,β-unsaturated/α-hetero) is 1. The monoisotopic (exact) mass is 206 g/mol. The van der Waals surface area contributed by atoms with Crippen molar-refractivity contribution in [3.63, 3.8) is 0 Å². The van der Waals surface area contributed by atoms with Crippen LogP contribution in [0.25, 0.3) is 0 Å². The molecular formula is C11H14N2O2. The van der Waals surface area contributed by atoms with E-state index in [4.69, 9.17) is 0 Å². The largest absolute Gasteiger partial charge is 0.339 e. The topological polar surface area (TPSA) is 58.2 Å². The van der Waals surface area contributed by atoms with Crippen molar-refractivity contribution in [2.45, 2.75) is 6.92 Å². The average molecular weight is 206 g/mol. The van der Waals surface area contributed by atoms with E-state index < -0.39 is 0 Å². The molecule has 0 unspecified atom stereocenters. The number of hydrogen-bond donors (Lipinski definition) is 2. The van der Waals surface area contributed by atoms with Gasteiger partial charge < -0.3 is 10.6 Å². The van der Waals surface area contributed by atoms with Crippen molar-refractivity contribution in [2.24, 2.45) is 0 Å². The number of carbonyl (C=O) groups excluding carboxylic acids is 2. The molecular weight excluding hydrogens is 192 g/mol. The molecule has 0 saturated heterocycles. The fourth-order valence-corrected chi connectivity index (χ4v) is 1.15. The molecule has 0 heterocycles. The maximum Gasteiger partial charge on any atom is 0.252 e. The van der Waals surface area contributed by atoms with Crippen molar-refractivity contribution in [1.82, 2.24) is 10.6 Å². The van der Waals surface area contributed by atoms with E-state index in [0.29, 0.717) is 17.8 Å². The average Bonchev–Trinajstić information content (AvgIpc) is 2.26. The van der Waals surface area contributed by atoms with Crippen molar-refractivity contribution >= 4 is 11.7 Å². The van der Waals surface area contributed by atoms with Crippen LogP contribution in [0.15, 0.2) is 24.3 Å². The number of amides is 1. The van der Waals surface area contributed by atoms with Gasteiger partial charge >= 0.3 is 0 Å². The predicted molar refractivity (Wildman–Crippen MR) is 57.8 cm³/mol. The van der Waals surface area contributed by atoms with Gasteiger partial charge in [0.25, 0.3) is 5.91 Å². The minimum absolute atomic E-state index is 0.0433. The minimum Gasteiger partial charge on any atom is -0.339 e. The predicted octanol–water partition coefficient (Wildman–Crippen LogP) is 0.796. The van der Waals surface area contributed by atoms with Crippen LogP contribution in [-0.4, -0.2) is 25.4 Å². The number of hydrogen-bond acceptors (Lipinski definition) is 3. The fourth-order valence-electron chi connectivity index (χ4n) is 1.15. The van der Waals surface area contributed by atoms with E-state index in [0.717, 1.165) is 0 Å². The Morgan fingerprint density at radius 1 is 1.27 bits per heavy atom. The van der Waals surface area contributed by atoms with Crippen molar-refractivity contribution < 1.29 is 9.59 Å². The molecule has 0 radical (unpaired) electrons. The lowest BCUT2D eigenvalue weighted by Gasteiger charge is -2.04. The van der Waals surface area contributed by atoms with Crippen molar-refractivity contribution in [1.29, 1.82) is 0 Å². The smallest absolute Gasteiger partial charge is 0.252 e. The first kappa shape index (κ1) is 11.4. The zero-order valence-corrected chi connectivity index (χ0v) is 8.83. The molecule has 80 valence electrons. The van der Waals surface area contributed by atoms with Crippen LogP contribution < -0.4 is 10.6 Å². The summed E-state index contributed by atoms with van der Waals surface area (Å²) in [4.78, 5) is 22.6. The van der Waals surface area contributed by atoms with Gasteiger partial charge in [-0.1, -0.05) is 12.1 Å². The number of ketones is 1. The summed E-state index contributed by atoms with van der Waals surface area (Å²) in [6.07, 6.45) is 0. The summed E-state index contributed by atoms with van der Waals surface area (Å²) in [5, 5.41) is 5.46. The highest BCUT2D eigenvalue weighted by Gasteiger charge is 2.06. The molecule has 0 aliphatic rings. The van der Waals surface area contributed by atoms with Crippen LogP contribution in [0.2, 0.25) is 0 Å². The van der Waals surface area contributed by atoms with Gasteiger partial charge in [0.05, 0.1) is 6.67 Å². The first-order chi connectivity index (χ1) is 7.15. The Morgan fingerprint density at radius 2 is 1.93 bits per heavy atom. The minimum atomic E-state index is -0.188. The maximum atomic E-state index is 11.5. The van der Waals surface area contributed by atoms with Crippen LogP contribution in [-0.2, 0) is 0 Å². The SMILES string of the molecule is CNCNC(=O)c1cccc(C(C)=O)c1. The fraction of sp³-hybridized carbons (Fsp3) is 0.273. The van der Waals surface area contributed by atoms with Gasteiger partial charge in [0.2, 0.25) is 0 Å². The van der Waals surface area contributed by atoms with Crippen molar-refractivity contribution in [2.75, 3.05) is 13.7 Å². The molecule has 4 nitrogen and oxygen atoms in total. The maximum absolute atomic E-state index is 11.5. The molecule has 1 rings (SSSR count). The molecule has 0 aliphatic heterocycles. The van der Waals surface area contributed by atoms with Gasteiger partial charge in [-0.15, -0.1) is 0 Å². The van der Waals surface area contributed by atoms with Gasteiger partial charge in [-0.25, -0.2) is 0 Å². The first-order valence-electron chi connectivity index (χ1n) is 4.69. The van der Waals surface area contributed by atoms with E-state index in [-0.39, 0.29) is 11.7 Å². The lowest BCUT2D eigenvalue weighted by Crippen LogP contribution is -2.31. The van der Waals surface area contributed by atoms with Gasteiger partial charge in [0, 0.05) is 11.1 Å². The van der Waals surface area contributed by atoms with Crippen molar-refractivity contribution in [3.8, 4) is 0 Å². The molecule has 15 heavy (non-hydrogen) atoms. The van der Waals surface area contributed by atoms with E-state index in [1.54, 1.807) is 31.3 Å². The molecule has 0 aliphatic carbocycles. The standard InChI is InChI=1S/C11H14N2O2/c1-8(14)9-4-3-5-10(6-9)11(15)13-7-12-2/h3-6,12H,7H2,1-2H3,(H,13,15). The molecule has 4 heteroatoms. The Balaban J connectivity index is 2.81. The number of nitrogens with one attached hydrogen (secondary N) is 2. The van der Waals surface area contributed by atoms with Crippen LogP contribution in [0.1, 0.15) is 27.6 Å². The van der Waals surface area contributed by atoms with Crippen LogP contribution in [0.3, 0.4) is 0 Å². The normalized spacial score (nSPS) is 9.73. The highest BCUT2D eigenvalue weighted by atomic mass is 16.1. The summed E-state index contributed by atoms with van der Waals surface area (Å²) in [5.41, 5.74) is 1.05. The zero-order chi connectivity index (χ0) is 11.3. The summed E-state index contributed by atoms with van der Waals surface area (Å²) < 4.78 is 0. The first-order valence-corrected chi connectivity index (χ1v) is 4.69. The summed E-state index contributed by atoms with van der Waals surface area (Å²) in [7, 11) is 1.74. The number of rotatable bonds is 4. The molecule has 1 aromatic rings. The van der Waals surface area contributed by atoms with E-state index >= 15 is 0 Å². The quantitative estimate of drug-likeness (QED) is 0.566. The zero-order valence-electron chi connectivity index (χ0n) is 8.83. The molecule has 0 spiro atoms. The van der Waals surface area contributed by atoms with Crippen molar-refractivity contribution in [3.05, 3.63) is 35.4 Å². The number of benzene rings is 1. The van der Waals surface area contributed by atoms with Gasteiger partial charge in [-0.3, -0.25) is 9.59 Å². The summed E-state index contributed by atoms with van der Waals surface area (Å²) in [5.74, 6) is -0.231. The van der Waals surface area contributed by atoms with E-state index in [1.165, 1.54) is 6.92 Å². The molecule has 0 bridgehead atoms. The van der Waals surface area contributed by atoms with Crippen LogP contribution in [0.4, 0.5) is 0 Å². The summed E-state index contributed by atoms with van der Waals surface area (Å²) in [6, 6.07) is 6.66. The lowest BCUT2D eigenvalue weighted by molar-refractivity contribution is 0.0951. The Kier molecular flexibility index (Phi) is 4.00. The molecule has 0 aromatic heterocycles. The van der Waals surface area contributed by atoms with E-state index in [9.17, 15) is 9.59 Å². The third-order valence-corrected chi connectivity index (χ3v) is 1.96. The Hall–Kier alpha value is -1.68. The molecule has 0 saturated carbocycles. The van der Waals surface area contributed by atoms with Crippen LogP contribution in [0.5, 0.6) is 0 Å². The second-order valence-corrected chi connectivity index (χ2v) is 3.17. The third kappa shape index (κ3) is 3.18. The summed E-state index contributed by atoms with van der Waals surface area (Å²) in [6.45, 7) is 1.88. The summed E-state index contributed by atoms with van der Waals surface area (Å²) >= 11 is 0. The number of carbonyl (C=O) groups is 2. The Morgan fingerprint density at radius 3 is 2.53 bits per heavy atom. The Bertz CT molecular complexity index is 375. The van der Waals surface area contributed by atoms with Gasteiger partial charge in [-0.2, -0.15) is 0 Å². The molecule has 2 N–H and O–H groups in total. The molecule has 1 amide bonds. The molecule has 0 fully saturated rings. The third-order valence-electron chi connectivity index (χ3n) is 1.96. The second-order valence-electron chi connectivity index (χ2n) is 3.17. The molecule has 1 aromatic carbocycles. The lowest BCUT2D eigenvalue weighted by atomic mass is 10.1. The van der Waals surface area contributed by atoms with Crippen LogP contribution >= 0.6 is 0 Å². The van der Waals surface area contributed by atoms with E-state index in [1.807, 2.05) is 0 Å². The van der Waals surface area contributed by atoms with Gasteiger partial charge in [0.15, 0.2) is 5.78 Å².